The standard InChI is InChI=1S/C66H41NO/c1-3-15-42(16-4-1)47-33-34-63-61(41-47)56-23-9-10-29-62(56)67(63)52-37-50(36-51(38-52)53-24-12-22-49-35-45-19-7-8-20-46(45)39-60(49)53)48-32-31-44-21-11-26-55(59(44)40-48)57-27-14-30-64-65(57)58-28-13-25-54(66(58)68-64)43-17-5-2-6-18-43/h1-41H. The highest BCUT2D eigenvalue weighted by Gasteiger charge is 2.20. The smallest absolute Gasteiger partial charge is 0.143 e. The Morgan fingerprint density at radius 3 is 1.72 bits per heavy atom. The van der Waals surface area contributed by atoms with Crippen LogP contribution in [0.1, 0.15) is 0 Å². The third-order valence-electron chi connectivity index (χ3n) is 14.1. The summed E-state index contributed by atoms with van der Waals surface area (Å²) >= 11 is 0. The number of para-hydroxylation sites is 2. The van der Waals surface area contributed by atoms with Crippen LogP contribution in [0.15, 0.2) is 253 Å². The maximum atomic E-state index is 6.75. The average molecular weight is 864 g/mol. The molecule has 0 unspecified atom stereocenters. The number of furan rings is 1. The number of rotatable bonds is 6. The summed E-state index contributed by atoms with van der Waals surface area (Å²) in [7, 11) is 0. The number of hydrogen-bond donors (Lipinski definition) is 0. The quantitative estimate of drug-likeness (QED) is 0.152. The Hall–Kier alpha value is -8.98. The Kier molecular flexibility index (Phi) is 8.62. The van der Waals surface area contributed by atoms with Crippen LogP contribution in [-0.2, 0) is 0 Å². The molecule has 0 aliphatic rings. The second-order valence-electron chi connectivity index (χ2n) is 18.0. The molecular weight excluding hydrogens is 823 g/mol. The minimum atomic E-state index is 0.885. The largest absolute Gasteiger partial charge is 0.455 e. The molecule has 0 radical (unpaired) electrons. The highest BCUT2D eigenvalue weighted by Crippen LogP contribution is 2.44. The van der Waals surface area contributed by atoms with E-state index < -0.39 is 0 Å². The van der Waals surface area contributed by atoms with Crippen molar-refractivity contribution in [1.82, 2.24) is 4.57 Å². The van der Waals surface area contributed by atoms with Crippen molar-refractivity contribution in [2.45, 2.75) is 0 Å². The number of nitrogens with zero attached hydrogens (tertiary/aromatic N) is 1. The van der Waals surface area contributed by atoms with Crippen molar-refractivity contribution >= 4 is 76.1 Å². The highest BCUT2D eigenvalue weighted by molar-refractivity contribution is 6.18. The predicted octanol–water partition coefficient (Wildman–Crippen LogP) is 18.5. The molecule has 0 amide bonds. The molecule has 2 aromatic heterocycles. The SMILES string of the molecule is c1ccc(-c2ccc3c(c2)c2ccccc2n3-c2cc(-c3ccc4cccc(-c5cccc6oc7c(-c8ccccc8)cccc7c56)c4c3)cc(-c3cccc4cc5ccccc5cc34)c2)cc1. The lowest BCUT2D eigenvalue weighted by molar-refractivity contribution is 0.670. The average Bonchev–Trinajstić information content (AvgIpc) is 3.96. The molecule has 316 valence electrons. The van der Waals surface area contributed by atoms with Crippen LogP contribution in [-0.4, -0.2) is 4.57 Å². The van der Waals surface area contributed by atoms with Gasteiger partial charge >= 0.3 is 0 Å². The molecule has 0 saturated heterocycles. The van der Waals surface area contributed by atoms with Crippen molar-refractivity contribution in [1.29, 1.82) is 0 Å². The van der Waals surface area contributed by atoms with Crippen molar-refractivity contribution in [3.05, 3.63) is 249 Å². The van der Waals surface area contributed by atoms with Crippen molar-refractivity contribution < 1.29 is 4.42 Å². The summed E-state index contributed by atoms with van der Waals surface area (Å²) in [4.78, 5) is 0. The molecule has 0 aliphatic carbocycles. The zero-order valence-electron chi connectivity index (χ0n) is 37.0. The van der Waals surface area contributed by atoms with Crippen LogP contribution in [0.5, 0.6) is 0 Å². The second kappa shape index (κ2) is 15.3. The summed E-state index contributed by atoms with van der Waals surface area (Å²) in [6.45, 7) is 0. The van der Waals surface area contributed by atoms with Crippen LogP contribution in [0.25, 0.3) is 137 Å². The maximum Gasteiger partial charge on any atom is 0.143 e. The van der Waals surface area contributed by atoms with Crippen molar-refractivity contribution in [3.63, 3.8) is 0 Å². The van der Waals surface area contributed by atoms with Crippen LogP contribution in [0.4, 0.5) is 0 Å². The molecule has 0 spiro atoms. The molecule has 0 N–H and O–H groups in total. The van der Waals surface area contributed by atoms with Crippen molar-refractivity contribution in [2.75, 3.05) is 0 Å². The minimum Gasteiger partial charge on any atom is -0.455 e. The maximum absolute atomic E-state index is 6.75. The lowest BCUT2D eigenvalue weighted by Crippen LogP contribution is -1.96. The van der Waals surface area contributed by atoms with Crippen LogP contribution in [0.2, 0.25) is 0 Å². The third-order valence-corrected chi connectivity index (χ3v) is 14.1. The Balaban J connectivity index is 1.00. The van der Waals surface area contributed by atoms with Crippen LogP contribution < -0.4 is 0 Å². The summed E-state index contributed by atoms with van der Waals surface area (Å²) in [6.07, 6.45) is 0. The van der Waals surface area contributed by atoms with Gasteiger partial charge in [-0.1, -0.05) is 188 Å². The van der Waals surface area contributed by atoms with E-state index in [-0.39, 0.29) is 0 Å². The van der Waals surface area contributed by atoms with E-state index in [0.717, 1.165) is 55.4 Å². The summed E-state index contributed by atoms with van der Waals surface area (Å²) < 4.78 is 9.22. The molecule has 2 heteroatoms. The molecule has 12 aromatic carbocycles. The van der Waals surface area contributed by atoms with Crippen LogP contribution in [0.3, 0.4) is 0 Å². The Bertz CT molecular complexity index is 4310. The van der Waals surface area contributed by atoms with Gasteiger partial charge in [0.15, 0.2) is 0 Å². The van der Waals surface area contributed by atoms with E-state index in [4.69, 9.17) is 4.42 Å². The summed E-state index contributed by atoms with van der Waals surface area (Å²) in [5.74, 6) is 0. The van der Waals surface area contributed by atoms with Gasteiger partial charge < -0.3 is 8.98 Å². The van der Waals surface area contributed by atoms with Gasteiger partial charge in [-0.2, -0.15) is 0 Å². The van der Waals surface area contributed by atoms with Crippen LogP contribution in [0, 0.1) is 0 Å². The first-order valence-corrected chi connectivity index (χ1v) is 23.4. The van der Waals surface area contributed by atoms with Gasteiger partial charge in [-0.25, -0.2) is 0 Å². The summed E-state index contributed by atoms with van der Waals surface area (Å²) in [5.41, 5.74) is 16.9. The van der Waals surface area contributed by atoms with Gasteiger partial charge in [0, 0.05) is 32.8 Å². The van der Waals surface area contributed by atoms with Gasteiger partial charge in [-0.3, -0.25) is 0 Å². The van der Waals surface area contributed by atoms with Gasteiger partial charge in [-0.05, 0) is 143 Å². The molecule has 0 atom stereocenters. The van der Waals surface area contributed by atoms with Gasteiger partial charge in [0.1, 0.15) is 11.2 Å². The first kappa shape index (κ1) is 38.3. The first-order valence-electron chi connectivity index (χ1n) is 23.4. The Morgan fingerprint density at radius 1 is 0.265 bits per heavy atom. The zero-order valence-corrected chi connectivity index (χ0v) is 37.0. The Labute approximate surface area is 393 Å². The molecule has 14 rings (SSSR count). The summed E-state index contributed by atoms with van der Waals surface area (Å²) in [5, 5.41) is 12.0. The van der Waals surface area contributed by atoms with E-state index in [9.17, 15) is 0 Å². The molecular formula is C66H41NO. The predicted molar refractivity (Wildman–Crippen MR) is 288 cm³/mol. The van der Waals surface area contributed by atoms with Gasteiger partial charge in [0.05, 0.1) is 11.0 Å². The fourth-order valence-electron chi connectivity index (χ4n) is 10.9. The van der Waals surface area contributed by atoms with E-state index >= 15 is 0 Å². The van der Waals surface area contributed by atoms with E-state index in [1.807, 2.05) is 0 Å². The van der Waals surface area contributed by atoms with Gasteiger partial charge in [0.2, 0.25) is 0 Å². The Morgan fingerprint density at radius 2 is 0.853 bits per heavy atom. The highest BCUT2D eigenvalue weighted by atomic mass is 16.3. The molecule has 2 heterocycles. The molecule has 14 aromatic rings. The number of aromatic nitrogens is 1. The monoisotopic (exact) mass is 863 g/mol. The third kappa shape index (κ3) is 6.12. The number of fused-ring (bicyclic) bond motifs is 9. The van der Waals surface area contributed by atoms with E-state index in [1.54, 1.807) is 0 Å². The van der Waals surface area contributed by atoms with Gasteiger partial charge in [0.25, 0.3) is 0 Å². The molecule has 0 bridgehead atoms. The molecule has 0 fully saturated rings. The fourth-order valence-corrected chi connectivity index (χ4v) is 10.9. The fraction of sp³-hybridized carbons (Fsp3) is 0. The zero-order chi connectivity index (χ0) is 44.7. The van der Waals surface area contributed by atoms with E-state index in [0.29, 0.717) is 0 Å². The van der Waals surface area contributed by atoms with E-state index in [1.165, 1.54) is 81.9 Å². The molecule has 2 nitrogen and oxygen atoms in total. The molecule has 0 saturated carbocycles. The lowest BCUT2D eigenvalue weighted by Gasteiger charge is -2.16. The summed E-state index contributed by atoms with van der Waals surface area (Å²) in [6, 6.07) is 91.0. The van der Waals surface area contributed by atoms with Crippen molar-refractivity contribution in [2.24, 2.45) is 0 Å². The molecule has 0 aliphatic heterocycles. The first-order chi connectivity index (χ1) is 33.7. The van der Waals surface area contributed by atoms with Crippen LogP contribution >= 0.6 is 0 Å². The minimum absolute atomic E-state index is 0.885. The van der Waals surface area contributed by atoms with Gasteiger partial charge in [-0.15, -0.1) is 0 Å². The molecule has 68 heavy (non-hydrogen) atoms. The van der Waals surface area contributed by atoms with E-state index in [2.05, 4.69) is 253 Å². The normalized spacial score (nSPS) is 11.8. The topological polar surface area (TPSA) is 18.1 Å². The number of hydrogen-bond acceptors (Lipinski definition) is 1. The second-order valence-corrected chi connectivity index (χ2v) is 18.0. The lowest BCUT2D eigenvalue weighted by atomic mass is 9.90. The number of benzene rings is 12. The van der Waals surface area contributed by atoms with Crippen molar-refractivity contribution in [3.8, 4) is 61.3 Å².